The zero-order valence-corrected chi connectivity index (χ0v) is 10.3. The normalized spacial score (nSPS) is 9.89. The first-order chi connectivity index (χ1) is 8.65. The van der Waals surface area contributed by atoms with Crippen molar-refractivity contribution >= 4 is 11.9 Å². The van der Waals surface area contributed by atoms with Crippen molar-refractivity contribution in [1.29, 1.82) is 0 Å². The Kier molecular flexibility index (Phi) is 5.65. The molecule has 18 heavy (non-hydrogen) atoms. The molecule has 0 unspecified atom stereocenters. The van der Waals surface area contributed by atoms with Gasteiger partial charge in [0.15, 0.2) is 0 Å². The molecule has 0 aromatic carbocycles. The second-order valence-electron chi connectivity index (χ2n) is 3.22. The SMILES string of the molecule is COc1cc(OC)nc(NCCOCC(N)=O)n1. The van der Waals surface area contributed by atoms with Gasteiger partial charge >= 0.3 is 0 Å². The lowest BCUT2D eigenvalue weighted by Crippen LogP contribution is -2.21. The molecule has 8 heteroatoms. The van der Waals surface area contributed by atoms with Crippen LogP contribution in [0, 0.1) is 0 Å². The van der Waals surface area contributed by atoms with E-state index in [-0.39, 0.29) is 6.61 Å². The fourth-order valence-corrected chi connectivity index (χ4v) is 1.10. The van der Waals surface area contributed by atoms with Gasteiger partial charge in [-0.05, 0) is 0 Å². The molecule has 8 nitrogen and oxygen atoms in total. The second kappa shape index (κ2) is 7.28. The van der Waals surface area contributed by atoms with Gasteiger partial charge in [-0.1, -0.05) is 0 Å². The standard InChI is InChI=1S/C10H16N4O4/c1-16-8-5-9(17-2)14-10(13-8)12-3-4-18-6-7(11)15/h5H,3-4,6H2,1-2H3,(H2,11,15)(H,12,13,14). The number of hydrogen-bond donors (Lipinski definition) is 2. The molecule has 0 bridgehead atoms. The lowest BCUT2D eigenvalue weighted by atomic mass is 10.6. The first-order valence-electron chi connectivity index (χ1n) is 5.22. The average Bonchev–Trinajstić information content (AvgIpc) is 2.37. The van der Waals surface area contributed by atoms with E-state index in [4.69, 9.17) is 19.9 Å². The van der Waals surface area contributed by atoms with Crippen molar-refractivity contribution in [1.82, 2.24) is 9.97 Å². The van der Waals surface area contributed by atoms with Crippen LogP contribution >= 0.6 is 0 Å². The summed E-state index contributed by atoms with van der Waals surface area (Å²) in [6.45, 7) is 0.638. The van der Waals surface area contributed by atoms with Crippen molar-refractivity contribution in [2.45, 2.75) is 0 Å². The number of anilines is 1. The minimum atomic E-state index is -0.505. The van der Waals surface area contributed by atoms with Crippen LogP contribution in [-0.2, 0) is 9.53 Å². The number of nitrogens with zero attached hydrogens (tertiary/aromatic N) is 2. The van der Waals surface area contributed by atoms with Crippen molar-refractivity contribution in [3.8, 4) is 11.8 Å². The molecule has 1 rings (SSSR count). The molecule has 100 valence electrons. The third kappa shape index (κ3) is 4.83. The summed E-state index contributed by atoms with van der Waals surface area (Å²) in [6.07, 6.45) is 0. The molecule has 0 aliphatic heterocycles. The Bertz CT molecular complexity index is 377. The van der Waals surface area contributed by atoms with E-state index in [9.17, 15) is 4.79 Å². The van der Waals surface area contributed by atoms with Gasteiger partial charge in [-0.15, -0.1) is 0 Å². The maximum absolute atomic E-state index is 10.4. The van der Waals surface area contributed by atoms with Crippen LogP contribution < -0.4 is 20.5 Å². The average molecular weight is 256 g/mol. The number of nitrogens with two attached hydrogens (primary N) is 1. The molecule has 0 atom stereocenters. The van der Waals surface area contributed by atoms with Crippen LogP contribution in [0.1, 0.15) is 0 Å². The lowest BCUT2D eigenvalue weighted by molar-refractivity contribution is -0.122. The van der Waals surface area contributed by atoms with Crippen LogP contribution in [0.4, 0.5) is 5.95 Å². The van der Waals surface area contributed by atoms with Crippen LogP contribution in [0.2, 0.25) is 0 Å². The number of amides is 1. The lowest BCUT2D eigenvalue weighted by Gasteiger charge is -2.08. The Hall–Kier alpha value is -2.09. The molecular weight excluding hydrogens is 240 g/mol. The molecule has 0 aliphatic carbocycles. The predicted octanol–water partition coefficient (Wildman–Crippen LogP) is -0.592. The molecule has 0 aliphatic rings. The van der Waals surface area contributed by atoms with E-state index in [1.807, 2.05) is 0 Å². The van der Waals surface area contributed by atoms with Crippen molar-refractivity contribution in [3.63, 3.8) is 0 Å². The van der Waals surface area contributed by atoms with Gasteiger partial charge in [-0.25, -0.2) is 0 Å². The van der Waals surface area contributed by atoms with Gasteiger partial charge in [0.25, 0.3) is 0 Å². The number of hydrogen-bond acceptors (Lipinski definition) is 7. The van der Waals surface area contributed by atoms with Gasteiger partial charge in [-0.2, -0.15) is 9.97 Å². The third-order valence-corrected chi connectivity index (χ3v) is 1.87. The molecule has 0 fully saturated rings. The summed E-state index contributed by atoms with van der Waals surface area (Å²) in [7, 11) is 3.00. The summed E-state index contributed by atoms with van der Waals surface area (Å²) < 4.78 is 15.0. The van der Waals surface area contributed by atoms with E-state index < -0.39 is 5.91 Å². The smallest absolute Gasteiger partial charge is 0.243 e. The summed E-state index contributed by atoms with van der Waals surface area (Å²) in [4.78, 5) is 18.5. The van der Waals surface area contributed by atoms with Gasteiger partial charge in [-0.3, -0.25) is 4.79 Å². The van der Waals surface area contributed by atoms with Crippen molar-refractivity contribution in [2.75, 3.05) is 39.3 Å². The second-order valence-corrected chi connectivity index (χ2v) is 3.22. The number of methoxy groups -OCH3 is 2. The molecule has 3 N–H and O–H groups in total. The molecule has 0 saturated heterocycles. The number of carbonyl (C=O) groups excluding carboxylic acids is 1. The zero-order chi connectivity index (χ0) is 13.4. The highest BCUT2D eigenvalue weighted by Gasteiger charge is 2.04. The van der Waals surface area contributed by atoms with E-state index in [0.29, 0.717) is 30.9 Å². The van der Waals surface area contributed by atoms with Gasteiger partial charge in [0, 0.05) is 6.54 Å². The van der Waals surface area contributed by atoms with E-state index >= 15 is 0 Å². The van der Waals surface area contributed by atoms with Crippen LogP contribution in [0.15, 0.2) is 6.07 Å². The van der Waals surface area contributed by atoms with E-state index in [1.165, 1.54) is 14.2 Å². The molecule has 0 saturated carbocycles. The minimum absolute atomic E-state index is 0.107. The molecule has 1 amide bonds. The topological polar surface area (TPSA) is 109 Å². The quantitative estimate of drug-likeness (QED) is 0.598. The maximum Gasteiger partial charge on any atom is 0.243 e. The highest BCUT2D eigenvalue weighted by Crippen LogP contribution is 2.16. The van der Waals surface area contributed by atoms with E-state index in [2.05, 4.69) is 15.3 Å². The van der Waals surface area contributed by atoms with Gasteiger partial charge in [0.1, 0.15) is 6.61 Å². The van der Waals surface area contributed by atoms with Crippen LogP contribution in [-0.4, -0.2) is 49.9 Å². The van der Waals surface area contributed by atoms with Gasteiger partial charge in [0.05, 0.1) is 26.9 Å². The Morgan fingerprint density at radius 2 is 1.94 bits per heavy atom. The first-order valence-corrected chi connectivity index (χ1v) is 5.22. The monoisotopic (exact) mass is 256 g/mol. The maximum atomic E-state index is 10.4. The Morgan fingerprint density at radius 3 is 2.44 bits per heavy atom. The summed E-state index contributed by atoms with van der Waals surface area (Å²) in [6, 6.07) is 1.56. The number of aromatic nitrogens is 2. The highest BCUT2D eigenvalue weighted by molar-refractivity contribution is 5.74. The molecule has 1 aromatic heterocycles. The molecule has 1 heterocycles. The molecule has 0 spiro atoms. The molecule has 1 aromatic rings. The zero-order valence-electron chi connectivity index (χ0n) is 10.3. The Morgan fingerprint density at radius 1 is 1.33 bits per heavy atom. The number of nitrogens with one attached hydrogen (secondary N) is 1. The number of rotatable bonds is 8. The van der Waals surface area contributed by atoms with E-state index in [0.717, 1.165) is 0 Å². The minimum Gasteiger partial charge on any atom is -0.481 e. The Labute approximate surface area is 104 Å². The Balaban J connectivity index is 2.43. The third-order valence-electron chi connectivity index (χ3n) is 1.87. The van der Waals surface area contributed by atoms with Crippen LogP contribution in [0.3, 0.4) is 0 Å². The van der Waals surface area contributed by atoms with Gasteiger partial charge < -0.3 is 25.3 Å². The highest BCUT2D eigenvalue weighted by atomic mass is 16.5. The number of carbonyl (C=O) groups is 1. The van der Waals surface area contributed by atoms with Crippen molar-refractivity contribution in [2.24, 2.45) is 5.73 Å². The number of primary amides is 1. The molecule has 0 radical (unpaired) electrons. The molecular formula is C10H16N4O4. The van der Waals surface area contributed by atoms with E-state index in [1.54, 1.807) is 6.07 Å². The van der Waals surface area contributed by atoms with Crippen molar-refractivity contribution in [3.05, 3.63) is 6.07 Å². The summed E-state index contributed by atoms with van der Waals surface area (Å²) in [5.74, 6) is 0.632. The summed E-state index contributed by atoms with van der Waals surface area (Å²) >= 11 is 0. The fourth-order valence-electron chi connectivity index (χ4n) is 1.10. The number of ether oxygens (including phenoxy) is 3. The van der Waals surface area contributed by atoms with Gasteiger partial charge in [0.2, 0.25) is 23.6 Å². The fraction of sp³-hybridized carbons (Fsp3) is 0.500. The van der Waals surface area contributed by atoms with Crippen LogP contribution in [0.25, 0.3) is 0 Å². The van der Waals surface area contributed by atoms with Crippen molar-refractivity contribution < 1.29 is 19.0 Å². The van der Waals surface area contributed by atoms with Crippen LogP contribution in [0.5, 0.6) is 11.8 Å². The summed E-state index contributed by atoms with van der Waals surface area (Å²) in [5.41, 5.74) is 4.92. The first kappa shape index (κ1) is 14.0. The predicted molar refractivity (Wildman–Crippen MR) is 63.6 cm³/mol. The largest absolute Gasteiger partial charge is 0.481 e. The summed E-state index contributed by atoms with van der Waals surface area (Å²) in [5, 5.41) is 2.91.